The molecule has 2 aliphatic heterocycles. The van der Waals surface area contributed by atoms with E-state index in [2.05, 4.69) is 63.0 Å². The van der Waals surface area contributed by atoms with Crippen LogP contribution in [0.15, 0.2) is 90.1 Å². The molecule has 2 aliphatic rings. The van der Waals surface area contributed by atoms with Crippen LogP contribution in [0.5, 0.6) is 0 Å². The number of hydrogen-bond donors (Lipinski definition) is 5. The number of carbonyl (C=O) groups is 3. The van der Waals surface area contributed by atoms with Crippen LogP contribution in [0.4, 0.5) is 35.1 Å². The summed E-state index contributed by atoms with van der Waals surface area (Å²) in [5.74, 6) is -3.50. The molecule has 5 rings (SSSR count). The predicted molar refractivity (Wildman–Crippen MR) is 176 cm³/mol. The Morgan fingerprint density at radius 1 is 0.722 bits per heavy atom. The highest BCUT2D eigenvalue weighted by Gasteiger charge is 2.66. The third kappa shape index (κ3) is 8.24. The number of nitrogens with zero attached hydrogens (tertiary/aromatic N) is 4. The molecule has 0 aliphatic carbocycles. The zero-order valence-corrected chi connectivity index (χ0v) is 30.5. The van der Waals surface area contributed by atoms with Crippen LogP contribution in [-0.2, 0) is 44.0 Å². The Labute approximate surface area is 314 Å². The van der Waals surface area contributed by atoms with E-state index in [0.717, 1.165) is 42.5 Å². The standard InChI is InChI=1S/C30H22Br2F8N7O6P/c31-19-6-14(5-17(11-19)26(44-45-26)29(35,36)37)8-22(43-24(49)15-9-18(12-20(32)10-15)27(46-47-27)30(38,39)40)25(50)42-21(23(41)48)7-13-1-3-16(4-2-13)28(33,34)54(51,52)53/h1-6,9-12,21-22H,7-8H2,(H2,41,48)(H,42,50)(H,43,49)(H2,51,52,53)/t21-,22-/m0/s1. The van der Waals surface area contributed by atoms with Crippen LogP contribution in [0.25, 0.3) is 0 Å². The number of carbonyl (C=O) groups excluding carboxylic acids is 3. The lowest BCUT2D eigenvalue weighted by molar-refractivity contribution is -0.166. The van der Waals surface area contributed by atoms with Crippen LogP contribution >= 0.6 is 39.5 Å². The zero-order valence-electron chi connectivity index (χ0n) is 26.5. The summed E-state index contributed by atoms with van der Waals surface area (Å²) in [6.45, 7) is 0. The zero-order chi connectivity index (χ0) is 40.2. The fraction of sp³-hybridized carbons (Fsp3) is 0.300. The number of alkyl halides is 8. The van der Waals surface area contributed by atoms with E-state index in [1.165, 1.54) is 6.07 Å². The normalized spacial score (nSPS) is 17.0. The molecule has 2 heterocycles. The van der Waals surface area contributed by atoms with Crippen molar-refractivity contribution < 1.29 is 63.9 Å². The summed E-state index contributed by atoms with van der Waals surface area (Å²) in [5.41, 5.74) is -7.37. The number of halogens is 10. The lowest BCUT2D eigenvalue weighted by Gasteiger charge is -2.24. The van der Waals surface area contributed by atoms with Gasteiger partial charge >= 0.3 is 36.9 Å². The van der Waals surface area contributed by atoms with Gasteiger partial charge in [0.15, 0.2) is 0 Å². The summed E-state index contributed by atoms with van der Waals surface area (Å²) in [7, 11) is -5.91. The van der Waals surface area contributed by atoms with Crippen LogP contribution in [0.2, 0.25) is 0 Å². The van der Waals surface area contributed by atoms with Crippen molar-refractivity contribution in [3.05, 3.63) is 103 Å². The third-order valence-corrected chi connectivity index (χ3v) is 10.0. The molecule has 288 valence electrons. The second kappa shape index (κ2) is 14.2. The minimum atomic E-state index is -5.91. The molecule has 0 bridgehead atoms. The summed E-state index contributed by atoms with van der Waals surface area (Å²) in [6.07, 6.45) is -11.0. The number of benzene rings is 3. The smallest absolute Gasteiger partial charge is 0.368 e. The van der Waals surface area contributed by atoms with Gasteiger partial charge in [0.05, 0.1) is 0 Å². The summed E-state index contributed by atoms with van der Waals surface area (Å²) in [6, 6.07) is 6.20. The van der Waals surface area contributed by atoms with Crippen LogP contribution in [0.3, 0.4) is 0 Å². The first-order chi connectivity index (χ1) is 24.8. The number of primary amides is 1. The molecule has 3 amide bonds. The van der Waals surface area contributed by atoms with E-state index < -0.39 is 102 Å². The SMILES string of the molecule is NC(=O)[C@H](Cc1ccc(C(F)(F)P(=O)(O)O)cc1)NC(=O)[C@H](Cc1cc(Br)cc(C2(C(F)(F)F)N=N2)c1)NC(=O)c1cc(Br)cc(C2(C(F)(F)F)N=N2)c1. The van der Waals surface area contributed by atoms with Gasteiger partial charge in [-0.05, 0) is 41.5 Å². The summed E-state index contributed by atoms with van der Waals surface area (Å²) < 4.78 is 122. The van der Waals surface area contributed by atoms with Crippen LogP contribution in [0.1, 0.15) is 38.2 Å². The maximum Gasteiger partial charge on any atom is 0.442 e. The largest absolute Gasteiger partial charge is 0.442 e. The van der Waals surface area contributed by atoms with E-state index in [4.69, 9.17) is 15.5 Å². The highest BCUT2D eigenvalue weighted by atomic mass is 79.9. The lowest BCUT2D eigenvalue weighted by atomic mass is 9.96. The Morgan fingerprint density at radius 3 is 1.67 bits per heavy atom. The van der Waals surface area contributed by atoms with Crippen molar-refractivity contribution >= 4 is 57.2 Å². The first-order valence-corrected chi connectivity index (χ1v) is 18.1. The molecule has 0 saturated carbocycles. The van der Waals surface area contributed by atoms with E-state index in [0.29, 0.717) is 12.1 Å². The van der Waals surface area contributed by atoms with E-state index in [1.54, 1.807) is 0 Å². The molecule has 0 unspecified atom stereocenters. The van der Waals surface area contributed by atoms with Crippen molar-refractivity contribution in [2.45, 2.75) is 54.3 Å². The van der Waals surface area contributed by atoms with Crippen molar-refractivity contribution in [2.75, 3.05) is 0 Å². The highest BCUT2D eigenvalue weighted by molar-refractivity contribution is 9.10. The Morgan fingerprint density at radius 2 is 1.20 bits per heavy atom. The minimum Gasteiger partial charge on any atom is -0.368 e. The molecule has 0 fully saturated rings. The number of nitrogens with one attached hydrogen (secondary N) is 2. The predicted octanol–water partition coefficient (Wildman–Crippen LogP) is 6.35. The molecule has 0 aromatic heterocycles. The second-order valence-corrected chi connectivity index (χ2v) is 15.5. The van der Waals surface area contributed by atoms with Gasteiger partial charge in [0, 0.05) is 44.0 Å². The first-order valence-electron chi connectivity index (χ1n) is 14.9. The van der Waals surface area contributed by atoms with Crippen molar-refractivity contribution in [2.24, 2.45) is 26.2 Å². The average Bonchev–Trinajstić information content (AvgIpc) is 3.96. The Balaban J connectivity index is 1.45. The maximum atomic E-state index is 14.1. The molecule has 3 aromatic rings. The Kier molecular flexibility index (Phi) is 10.7. The number of rotatable bonds is 13. The van der Waals surface area contributed by atoms with Gasteiger partial charge < -0.3 is 26.2 Å². The van der Waals surface area contributed by atoms with Crippen molar-refractivity contribution in [3.63, 3.8) is 0 Å². The van der Waals surface area contributed by atoms with Gasteiger partial charge in [-0.3, -0.25) is 18.9 Å². The fourth-order valence-corrected chi connectivity index (χ4v) is 6.72. The van der Waals surface area contributed by atoms with E-state index in [1.807, 2.05) is 0 Å². The van der Waals surface area contributed by atoms with Crippen molar-refractivity contribution in [1.82, 2.24) is 10.6 Å². The summed E-state index contributed by atoms with van der Waals surface area (Å²) in [5, 5.41) is 17.1. The van der Waals surface area contributed by atoms with Gasteiger partial charge in [-0.25, -0.2) is 0 Å². The van der Waals surface area contributed by atoms with Gasteiger partial charge in [-0.1, -0.05) is 62.2 Å². The molecule has 6 N–H and O–H groups in total. The monoisotopic (exact) mass is 917 g/mol. The topological polar surface area (TPSA) is 208 Å². The van der Waals surface area contributed by atoms with Gasteiger partial charge in [0.25, 0.3) is 5.91 Å². The molecule has 24 heteroatoms. The van der Waals surface area contributed by atoms with Gasteiger partial charge in [0.2, 0.25) is 11.8 Å². The number of amides is 3. The molecule has 54 heavy (non-hydrogen) atoms. The molecule has 2 atom stereocenters. The second-order valence-electron chi connectivity index (χ2n) is 12.0. The van der Waals surface area contributed by atoms with Crippen LogP contribution in [-0.4, -0.2) is 51.9 Å². The van der Waals surface area contributed by atoms with Crippen LogP contribution < -0.4 is 16.4 Å². The van der Waals surface area contributed by atoms with E-state index >= 15 is 0 Å². The average molecular weight is 919 g/mol. The Hall–Kier alpha value is -4.18. The lowest BCUT2D eigenvalue weighted by Crippen LogP contribution is -2.54. The number of hydrogen-bond acceptors (Lipinski definition) is 8. The van der Waals surface area contributed by atoms with E-state index in [9.17, 15) is 54.1 Å². The molecular formula is C30H22Br2F8N7O6P. The molecule has 0 spiro atoms. The molecule has 0 saturated heterocycles. The van der Waals surface area contributed by atoms with Crippen LogP contribution in [0, 0.1) is 0 Å². The quantitative estimate of drug-likeness (QED) is 0.0974. The summed E-state index contributed by atoms with van der Waals surface area (Å²) >= 11 is 6.11. The fourth-order valence-electron chi connectivity index (χ4n) is 5.20. The first kappa shape index (κ1) is 41.0. The molecule has 3 aromatic carbocycles. The highest BCUT2D eigenvalue weighted by Crippen LogP contribution is 2.59. The maximum absolute atomic E-state index is 14.1. The van der Waals surface area contributed by atoms with Gasteiger partial charge in [-0.2, -0.15) is 35.1 Å². The van der Waals surface area contributed by atoms with Gasteiger partial charge in [0.1, 0.15) is 12.1 Å². The van der Waals surface area contributed by atoms with Gasteiger partial charge in [-0.15, -0.1) is 20.5 Å². The molecular weight excluding hydrogens is 897 g/mol. The van der Waals surface area contributed by atoms with Crippen molar-refractivity contribution in [3.8, 4) is 0 Å². The van der Waals surface area contributed by atoms with Crippen molar-refractivity contribution in [1.29, 1.82) is 0 Å². The Bertz CT molecular complexity index is 2120. The molecule has 0 radical (unpaired) electrons. The molecule has 13 nitrogen and oxygen atoms in total. The van der Waals surface area contributed by atoms with E-state index in [-0.39, 0.29) is 20.1 Å². The number of nitrogens with two attached hydrogens (primary N) is 1. The third-order valence-electron chi connectivity index (χ3n) is 8.14. The summed E-state index contributed by atoms with van der Waals surface area (Å²) in [4.78, 5) is 57.7. The minimum absolute atomic E-state index is 0.0144.